The Bertz CT molecular complexity index is 308. The maximum absolute atomic E-state index is 12.5. The van der Waals surface area contributed by atoms with Crippen LogP contribution in [-0.2, 0) is 10.0 Å². The first-order valence-corrected chi connectivity index (χ1v) is 8.17. The third-order valence-corrected chi connectivity index (χ3v) is 5.63. The van der Waals surface area contributed by atoms with Gasteiger partial charge in [0.25, 0.3) is 0 Å². The SMILES string of the molecule is CC(C)CN(CCCN)S(=O)(=O)C1CCCC1. The van der Waals surface area contributed by atoms with Crippen LogP contribution in [0.4, 0.5) is 0 Å². The predicted molar refractivity (Wildman–Crippen MR) is 71.3 cm³/mol. The van der Waals surface area contributed by atoms with E-state index in [-0.39, 0.29) is 5.25 Å². The molecule has 0 heterocycles. The van der Waals surface area contributed by atoms with Crippen molar-refractivity contribution in [3.63, 3.8) is 0 Å². The maximum Gasteiger partial charge on any atom is 0.216 e. The monoisotopic (exact) mass is 262 g/mol. The summed E-state index contributed by atoms with van der Waals surface area (Å²) in [6, 6.07) is 0. The fraction of sp³-hybridized carbons (Fsp3) is 1.00. The minimum atomic E-state index is -3.09. The lowest BCUT2D eigenvalue weighted by Crippen LogP contribution is -2.41. The molecule has 1 aliphatic carbocycles. The van der Waals surface area contributed by atoms with E-state index in [1.54, 1.807) is 4.31 Å². The van der Waals surface area contributed by atoms with Gasteiger partial charge >= 0.3 is 0 Å². The van der Waals surface area contributed by atoms with Crippen molar-refractivity contribution in [1.82, 2.24) is 4.31 Å². The minimum Gasteiger partial charge on any atom is -0.330 e. The van der Waals surface area contributed by atoms with Crippen molar-refractivity contribution in [1.29, 1.82) is 0 Å². The largest absolute Gasteiger partial charge is 0.330 e. The van der Waals surface area contributed by atoms with Crippen molar-refractivity contribution in [2.45, 2.75) is 51.2 Å². The number of sulfonamides is 1. The molecule has 17 heavy (non-hydrogen) atoms. The van der Waals surface area contributed by atoms with Crippen LogP contribution < -0.4 is 5.73 Å². The van der Waals surface area contributed by atoms with Gasteiger partial charge in [-0.15, -0.1) is 0 Å². The third kappa shape index (κ3) is 4.23. The van der Waals surface area contributed by atoms with Crippen molar-refractivity contribution in [2.24, 2.45) is 11.7 Å². The Morgan fingerprint density at radius 3 is 2.35 bits per heavy atom. The van der Waals surface area contributed by atoms with E-state index in [1.807, 2.05) is 0 Å². The molecule has 1 fully saturated rings. The normalized spacial score (nSPS) is 18.4. The van der Waals surface area contributed by atoms with Crippen molar-refractivity contribution in [3.05, 3.63) is 0 Å². The first-order valence-electron chi connectivity index (χ1n) is 6.67. The van der Waals surface area contributed by atoms with Crippen molar-refractivity contribution >= 4 is 10.0 Å². The van der Waals surface area contributed by atoms with Gasteiger partial charge in [0.2, 0.25) is 10.0 Å². The molecule has 0 spiro atoms. The summed E-state index contributed by atoms with van der Waals surface area (Å²) in [5.41, 5.74) is 5.48. The lowest BCUT2D eigenvalue weighted by molar-refractivity contribution is 0.359. The van der Waals surface area contributed by atoms with Crippen LogP contribution in [0.3, 0.4) is 0 Å². The second kappa shape index (κ2) is 6.71. The average molecular weight is 262 g/mol. The molecule has 4 nitrogen and oxygen atoms in total. The van der Waals surface area contributed by atoms with Gasteiger partial charge < -0.3 is 5.73 Å². The van der Waals surface area contributed by atoms with E-state index in [1.165, 1.54) is 0 Å². The van der Waals surface area contributed by atoms with Crippen LogP contribution in [0.25, 0.3) is 0 Å². The maximum atomic E-state index is 12.5. The zero-order chi connectivity index (χ0) is 12.9. The highest BCUT2D eigenvalue weighted by atomic mass is 32.2. The van der Waals surface area contributed by atoms with Gasteiger partial charge in [0, 0.05) is 13.1 Å². The summed E-state index contributed by atoms with van der Waals surface area (Å²) in [7, 11) is -3.09. The lowest BCUT2D eigenvalue weighted by atomic mass is 10.2. The molecule has 0 aliphatic heterocycles. The Labute approximate surface area is 106 Å². The number of hydrogen-bond donors (Lipinski definition) is 1. The van der Waals surface area contributed by atoms with Gasteiger partial charge in [-0.05, 0) is 31.7 Å². The number of nitrogens with two attached hydrogens (primary N) is 1. The average Bonchev–Trinajstić information content (AvgIpc) is 2.77. The summed E-state index contributed by atoms with van der Waals surface area (Å²) in [4.78, 5) is 0. The molecule has 102 valence electrons. The summed E-state index contributed by atoms with van der Waals surface area (Å²) < 4.78 is 26.6. The van der Waals surface area contributed by atoms with Gasteiger partial charge in [0.1, 0.15) is 0 Å². The second-order valence-electron chi connectivity index (χ2n) is 5.35. The summed E-state index contributed by atoms with van der Waals surface area (Å²) in [5, 5.41) is -0.140. The molecule has 1 saturated carbocycles. The van der Waals surface area contributed by atoms with Crippen molar-refractivity contribution in [2.75, 3.05) is 19.6 Å². The first-order chi connectivity index (χ1) is 7.98. The fourth-order valence-electron chi connectivity index (χ4n) is 2.39. The van der Waals surface area contributed by atoms with Gasteiger partial charge in [-0.2, -0.15) is 0 Å². The van der Waals surface area contributed by atoms with Crippen LogP contribution in [0.1, 0.15) is 46.0 Å². The number of nitrogens with zero attached hydrogens (tertiary/aromatic N) is 1. The quantitative estimate of drug-likeness (QED) is 0.757. The highest BCUT2D eigenvalue weighted by Crippen LogP contribution is 2.27. The van der Waals surface area contributed by atoms with Crippen molar-refractivity contribution < 1.29 is 8.42 Å². The molecule has 0 aromatic heterocycles. The number of rotatable bonds is 7. The molecule has 5 heteroatoms. The highest BCUT2D eigenvalue weighted by molar-refractivity contribution is 7.89. The van der Waals surface area contributed by atoms with E-state index >= 15 is 0 Å². The van der Waals surface area contributed by atoms with E-state index in [0.29, 0.717) is 25.6 Å². The third-order valence-electron chi connectivity index (χ3n) is 3.26. The van der Waals surface area contributed by atoms with Crippen LogP contribution in [-0.4, -0.2) is 37.6 Å². The molecule has 0 aromatic rings. The molecular formula is C12H26N2O2S. The Morgan fingerprint density at radius 1 is 1.29 bits per heavy atom. The first kappa shape index (κ1) is 14.9. The molecule has 0 radical (unpaired) electrons. The van der Waals surface area contributed by atoms with E-state index in [2.05, 4.69) is 13.8 Å². The molecule has 0 unspecified atom stereocenters. The topological polar surface area (TPSA) is 63.4 Å². The Morgan fingerprint density at radius 2 is 1.88 bits per heavy atom. The summed E-state index contributed by atoms with van der Waals surface area (Å²) >= 11 is 0. The Kier molecular flexibility index (Phi) is 5.89. The van der Waals surface area contributed by atoms with E-state index in [0.717, 1.165) is 32.1 Å². The van der Waals surface area contributed by atoms with Gasteiger partial charge in [0.15, 0.2) is 0 Å². The van der Waals surface area contributed by atoms with Crippen LogP contribution >= 0.6 is 0 Å². The van der Waals surface area contributed by atoms with Gasteiger partial charge in [0.05, 0.1) is 5.25 Å². The zero-order valence-electron chi connectivity index (χ0n) is 11.1. The van der Waals surface area contributed by atoms with Crippen molar-refractivity contribution in [3.8, 4) is 0 Å². The number of hydrogen-bond acceptors (Lipinski definition) is 3. The van der Waals surface area contributed by atoms with E-state index in [9.17, 15) is 8.42 Å². The van der Waals surface area contributed by atoms with Crippen LogP contribution in [0.2, 0.25) is 0 Å². The molecule has 0 atom stereocenters. The van der Waals surface area contributed by atoms with Crippen LogP contribution in [0.5, 0.6) is 0 Å². The van der Waals surface area contributed by atoms with E-state index < -0.39 is 10.0 Å². The molecular weight excluding hydrogens is 236 g/mol. The van der Waals surface area contributed by atoms with Crippen LogP contribution in [0, 0.1) is 5.92 Å². The molecule has 0 bridgehead atoms. The minimum absolute atomic E-state index is 0.140. The molecule has 0 aromatic carbocycles. The van der Waals surface area contributed by atoms with E-state index in [4.69, 9.17) is 5.73 Å². The fourth-order valence-corrected chi connectivity index (χ4v) is 4.63. The summed E-state index contributed by atoms with van der Waals surface area (Å²) in [5.74, 6) is 0.365. The van der Waals surface area contributed by atoms with Gasteiger partial charge in [-0.1, -0.05) is 26.7 Å². The molecule has 1 rings (SSSR count). The Balaban J connectivity index is 2.71. The zero-order valence-corrected chi connectivity index (χ0v) is 11.9. The second-order valence-corrected chi connectivity index (χ2v) is 7.56. The Hall–Kier alpha value is -0.130. The predicted octanol–water partition coefficient (Wildman–Crippen LogP) is 1.57. The lowest BCUT2D eigenvalue weighted by Gasteiger charge is -2.26. The van der Waals surface area contributed by atoms with Gasteiger partial charge in [-0.25, -0.2) is 12.7 Å². The van der Waals surface area contributed by atoms with Gasteiger partial charge in [-0.3, -0.25) is 0 Å². The standard InChI is InChI=1S/C12H26N2O2S/c1-11(2)10-14(9-5-8-13)17(15,16)12-6-3-4-7-12/h11-12H,3-10,13H2,1-2H3. The highest BCUT2D eigenvalue weighted by Gasteiger charge is 2.33. The molecule has 2 N–H and O–H groups in total. The summed E-state index contributed by atoms with van der Waals surface area (Å²) in [6.07, 6.45) is 4.52. The molecule has 0 saturated heterocycles. The molecule has 0 amide bonds. The molecule has 1 aliphatic rings. The smallest absolute Gasteiger partial charge is 0.216 e. The van der Waals surface area contributed by atoms with Crippen LogP contribution in [0.15, 0.2) is 0 Å². The summed E-state index contributed by atoms with van der Waals surface area (Å²) in [6.45, 7) is 5.86.